The quantitative estimate of drug-likeness (QED) is 0.742. The third kappa shape index (κ3) is 4.30. The zero-order valence-corrected chi connectivity index (χ0v) is 13.4. The van der Waals surface area contributed by atoms with Crippen molar-refractivity contribution in [3.63, 3.8) is 0 Å². The molecule has 0 amide bonds. The lowest BCUT2D eigenvalue weighted by atomic mass is 9.78. The van der Waals surface area contributed by atoms with Gasteiger partial charge in [0.05, 0.1) is 11.0 Å². The maximum absolute atomic E-state index is 12.2. The predicted molar refractivity (Wildman–Crippen MR) is 81.7 cm³/mol. The first-order valence-corrected chi connectivity index (χ1v) is 8.40. The number of hydrogen-bond donors (Lipinski definition) is 3. The van der Waals surface area contributed by atoms with Crippen molar-refractivity contribution in [2.75, 3.05) is 0 Å². The fraction of sp³-hybridized carbons (Fsp3) is 0.467. The fourth-order valence-corrected chi connectivity index (χ4v) is 3.38. The van der Waals surface area contributed by atoms with Gasteiger partial charge in [-0.3, -0.25) is 0 Å². The van der Waals surface area contributed by atoms with Gasteiger partial charge in [-0.25, -0.2) is 8.42 Å². The Hall–Kier alpha value is -1.37. The van der Waals surface area contributed by atoms with Gasteiger partial charge in [0, 0.05) is 5.70 Å². The monoisotopic (exact) mass is 310 g/mol. The Morgan fingerprint density at radius 3 is 2.43 bits per heavy atom. The SMILES string of the molecule is Cc1ccc(S(=O)(=O)NNC2=CC(O)CC(C)(C)C2)cc1. The number of allylic oxidation sites excluding steroid dienone is 1. The number of benzene rings is 1. The molecular formula is C15H22N2O3S. The molecule has 6 heteroatoms. The molecule has 0 fully saturated rings. The van der Waals surface area contributed by atoms with Crippen molar-refractivity contribution in [3.05, 3.63) is 41.6 Å². The summed E-state index contributed by atoms with van der Waals surface area (Å²) in [5.41, 5.74) is 4.35. The van der Waals surface area contributed by atoms with Crippen LogP contribution in [0.25, 0.3) is 0 Å². The van der Waals surface area contributed by atoms with Crippen molar-refractivity contribution >= 4 is 10.0 Å². The minimum atomic E-state index is -3.61. The Labute approximate surface area is 126 Å². The molecule has 3 N–H and O–H groups in total. The van der Waals surface area contributed by atoms with E-state index in [-0.39, 0.29) is 10.3 Å². The van der Waals surface area contributed by atoms with E-state index >= 15 is 0 Å². The Balaban J connectivity index is 2.07. The number of hydrogen-bond acceptors (Lipinski definition) is 4. The molecular weight excluding hydrogens is 288 g/mol. The molecule has 0 spiro atoms. The molecule has 0 saturated carbocycles. The lowest BCUT2D eigenvalue weighted by molar-refractivity contribution is 0.136. The topological polar surface area (TPSA) is 78.4 Å². The van der Waals surface area contributed by atoms with Gasteiger partial charge < -0.3 is 10.5 Å². The second-order valence-electron chi connectivity index (χ2n) is 6.35. The standard InChI is InChI=1S/C15H22N2O3S/c1-11-4-6-14(7-5-11)21(19,20)17-16-12-8-13(18)10-15(2,3)9-12/h4-8,13,16-18H,9-10H2,1-3H3. The first-order valence-electron chi connectivity index (χ1n) is 6.91. The van der Waals surface area contributed by atoms with Gasteiger partial charge in [0.2, 0.25) is 0 Å². The summed E-state index contributed by atoms with van der Waals surface area (Å²) in [6.07, 6.45) is 2.45. The lowest BCUT2D eigenvalue weighted by Gasteiger charge is -2.32. The van der Waals surface area contributed by atoms with E-state index in [2.05, 4.69) is 10.3 Å². The molecule has 0 heterocycles. The molecule has 1 unspecified atom stereocenters. The summed E-state index contributed by atoms with van der Waals surface area (Å²) in [7, 11) is -3.61. The smallest absolute Gasteiger partial charge is 0.257 e. The molecule has 0 bridgehead atoms. The molecule has 116 valence electrons. The highest BCUT2D eigenvalue weighted by molar-refractivity contribution is 7.89. The van der Waals surface area contributed by atoms with Gasteiger partial charge in [0.15, 0.2) is 0 Å². The van der Waals surface area contributed by atoms with Crippen LogP contribution in [0.1, 0.15) is 32.3 Å². The third-order valence-electron chi connectivity index (χ3n) is 3.50. The van der Waals surface area contributed by atoms with Crippen molar-refractivity contribution in [2.24, 2.45) is 5.41 Å². The third-order valence-corrected chi connectivity index (χ3v) is 4.77. The molecule has 1 aromatic carbocycles. The van der Waals surface area contributed by atoms with E-state index in [1.165, 1.54) is 0 Å². The number of sulfonamides is 1. The van der Waals surface area contributed by atoms with Gasteiger partial charge in [0.1, 0.15) is 0 Å². The average Bonchev–Trinajstić information content (AvgIpc) is 2.35. The maximum atomic E-state index is 12.2. The van der Waals surface area contributed by atoms with Crippen LogP contribution >= 0.6 is 0 Å². The summed E-state index contributed by atoms with van der Waals surface area (Å²) >= 11 is 0. The highest BCUT2D eigenvalue weighted by Crippen LogP contribution is 2.34. The van der Waals surface area contributed by atoms with Crippen molar-refractivity contribution < 1.29 is 13.5 Å². The van der Waals surface area contributed by atoms with Crippen LogP contribution in [0.4, 0.5) is 0 Å². The number of nitrogens with one attached hydrogen (secondary N) is 2. The van der Waals surface area contributed by atoms with E-state index in [1.807, 2.05) is 20.8 Å². The fourth-order valence-electron chi connectivity index (χ4n) is 2.50. The minimum absolute atomic E-state index is 0.0637. The first-order chi connectivity index (χ1) is 9.68. The molecule has 0 radical (unpaired) electrons. The van der Waals surface area contributed by atoms with Crippen LogP contribution in [-0.2, 0) is 10.0 Å². The summed E-state index contributed by atoms with van der Waals surface area (Å²) < 4.78 is 24.3. The van der Waals surface area contributed by atoms with E-state index in [4.69, 9.17) is 0 Å². The first kappa shape index (κ1) is 16.0. The summed E-state index contributed by atoms with van der Waals surface area (Å²) in [4.78, 5) is 2.57. The van der Waals surface area contributed by atoms with Crippen LogP contribution in [0.15, 0.2) is 40.9 Å². The normalized spacial score (nSPS) is 21.7. The molecule has 21 heavy (non-hydrogen) atoms. The summed E-state index contributed by atoms with van der Waals surface area (Å²) in [5.74, 6) is 0. The highest BCUT2D eigenvalue weighted by Gasteiger charge is 2.28. The van der Waals surface area contributed by atoms with Crippen molar-refractivity contribution in [3.8, 4) is 0 Å². The Morgan fingerprint density at radius 2 is 1.86 bits per heavy atom. The number of aliphatic hydroxyl groups excluding tert-OH is 1. The molecule has 0 aliphatic heterocycles. The predicted octanol–water partition coefficient (Wildman–Crippen LogP) is 1.84. The van der Waals surface area contributed by atoms with Crippen molar-refractivity contribution in [2.45, 2.75) is 44.6 Å². The average molecular weight is 310 g/mol. The lowest BCUT2D eigenvalue weighted by Crippen LogP contribution is -2.40. The molecule has 2 rings (SSSR count). The Bertz CT molecular complexity index is 633. The van der Waals surface area contributed by atoms with E-state index in [0.717, 1.165) is 5.56 Å². The van der Waals surface area contributed by atoms with Crippen LogP contribution in [0.5, 0.6) is 0 Å². The second kappa shape index (κ2) is 5.79. The number of aliphatic hydroxyl groups is 1. The van der Waals surface area contributed by atoms with Gasteiger partial charge in [-0.1, -0.05) is 31.5 Å². The number of aryl methyl sites for hydroxylation is 1. The Morgan fingerprint density at radius 1 is 1.24 bits per heavy atom. The zero-order valence-electron chi connectivity index (χ0n) is 12.6. The van der Waals surface area contributed by atoms with E-state index < -0.39 is 16.1 Å². The minimum Gasteiger partial charge on any atom is -0.389 e. The number of hydrazine groups is 1. The van der Waals surface area contributed by atoms with E-state index in [1.54, 1.807) is 30.3 Å². The van der Waals surface area contributed by atoms with Gasteiger partial charge >= 0.3 is 0 Å². The molecule has 1 aliphatic carbocycles. The van der Waals surface area contributed by atoms with Crippen LogP contribution in [0, 0.1) is 12.3 Å². The summed E-state index contributed by atoms with van der Waals surface area (Å²) in [6, 6.07) is 6.63. The molecule has 1 atom stereocenters. The van der Waals surface area contributed by atoms with Gasteiger partial charge in [0.25, 0.3) is 10.0 Å². The largest absolute Gasteiger partial charge is 0.389 e. The van der Waals surface area contributed by atoms with Gasteiger partial charge in [-0.2, -0.15) is 0 Å². The summed E-state index contributed by atoms with van der Waals surface area (Å²) in [5, 5.41) is 9.80. The zero-order chi connectivity index (χ0) is 15.7. The summed E-state index contributed by atoms with van der Waals surface area (Å²) in [6.45, 7) is 5.98. The maximum Gasteiger partial charge on any atom is 0.257 e. The van der Waals surface area contributed by atoms with Crippen LogP contribution in [0.2, 0.25) is 0 Å². The van der Waals surface area contributed by atoms with Crippen LogP contribution < -0.4 is 10.3 Å². The van der Waals surface area contributed by atoms with Gasteiger partial charge in [-0.15, -0.1) is 4.83 Å². The van der Waals surface area contributed by atoms with Crippen molar-refractivity contribution in [1.82, 2.24) is 10.3 Å². The van der Waals surface area contributed by atoms with Crippen LogP contribution in [-0.4, -0.2) is 19.6 Å². The molecule has 1 aliphatic rings. The van der Waals surface area contributed by atoms with Crippen LogP contribution in [0.3, 0.4) is 0 Å². The number of rotatable bonds is 4. The molecule has 0 aromatic heterocycles. The van der Waals surface area contributed by atoms with Crippen molar-refractivity contribution in [1.29, 1.82) is 0 Å². The molecule has 1 aromatic rings. The second-order valence-corrected chi connectivity index (χ2v) is 8.03. The highest BCUT2D eigenvalue weighted by atomic mass is 32.2. The molecule has 0 saturated heterocycles. The van der Waals surface area contributed by atoms with E-state index in [9.17, 15) is 13.5 Å². The Kier molecular flexibility index (Phi) is 4.41. The van der Waals surface area contributed by atoms with Gasteiger partial charge in [-0.05, 0) is 43.4 Å². The van der Waals surface area contributed by atoms with E-state index in [0.29, 0.717) is 18.5 Å². The molecule has 5 nitrogen and oxygen atoms in total.